The summed E-state index contributed by atoms with van der Waals surface area (Å²) >= 11 is 0. The minimum absolute atomic E-state index is 0. The predicted molar refractivity (Wildman–Crippen MR) is 76.3 cm³/mol. The summed E-state index contributed by atoms with van der Waals surface area (Å²) in [6.07, 6.45) is 2.04. The summed E-state index contributed by atoms with van der Waals surface area (Å²) in [5.41, 5.74) is 8.87. The first-order valence-electron chi connectivity index (χ1n) is 6.20. The number of halogens is 1. The molecule has 0 aliphatic carbocycles. The van der Waals surface area contributed by atoms with Crippen LogP contribution in [0.4, 0.5) is 0 Å². The van der Waals surface area contributed by atoms with Crippen LogP contribution >= 0.6 is 12.4 Å². The molecule has 0 radical (unpaired) electrons. The second-order valence-electron chi connectivity index (χ2n) is 4.92. The molecule has 0 bridgehead atoms. The Kier molecular flexibility index (Phi) is 5.17. The molecule has 2 N–H and O–H groups in total. The van der Waals surface area contributed by atoms with Gasteiger partial charge in [0.15, 0.2) is 0 Å². The Labute approximate surface area is 115 Å². The van der Waals surface area contributed by atoms with Crippen molar-refractivity contribution in [3.05, 3.63) is 34.9 Å². The first kappa shape index (κ1) is 15.0. The van der Waals surface area contributed by atoms with Gasteiger partial charge in [-0.25, -0.2) is 0 Å². The number of benzene rings is 1. The van der Waals surface area contributed by atoms with Crippen LogP contribution in [0.25, 0.3) is 0 Å². The molecule has 0 saturated carbocycles. The largest absolute Gasteiger partial charge is 0.337 e. The van der Waals surface area contributed by atoms with Crippen LogP contribution in [0.15, 0.2) is 18.2 Å². The Hall–Kier alpha value is -1.06. The van der Waals surface area contributed by atoms with Crippen LogP contribution in [-0.2, 0) is 0 Å². The predicted octanol–water partition coefficient (Wildman–Crippen LogP) is 2.29. The molecule has 2 rings (SSSR count). The zero-order chi connectivity index (χ0) is 12.4. The summed E-state index contributed by atoms with van der Waals surface area (Å²) in [5, 5.41) is 0. The minimum Gasteiger partial charge on any atom is -0.337 e. The van der Waals surface area contributed by atoms with E-state index in [0.29, 0.717) is 6.54 Å². The van der Waals surface area contributed by atoms with Crippen molar-refractivity contribution in [2.24, 2.45) is 5.73 Å². The number of aryl methyl sites for hydroxylation is 2. The van der Waals surface area contributed by atoms with Gasteiger partial charge in [0.2, 0.25) is 0 Å². The van der Waals surface area contributed by atoms with Crippen molar-refractivity contribution in [1.82, 2.24) is 4.90 Å². The quantitative estimate of drug-likeness (QED) is 0.849. The van der Waals surface area contributed by atoms with Gasteiger partial charge in [0.1, 0.15) is 0 Å². The van der Waals surface area contributed by atoms with E-state index in [2.05, 4.69) is 0 Å². The fourth-order valence-corrected chi connectivity index (χ4v) is 2.50. The molecule has 1 saturated heterocycles. The second-order valence-corrected chi connectivity index (χ2v) is 4.92. The number of hydrogen-bond acceptors (Lipinski definition) is 2. The molecule has 1 fully saturated rings. The second kappa shape index (κ2) is 6.21. The highest BCUT2D eigenvalue weighted by Crippen LogP contribution is 2.18. The molecule has 1 aliphatic heterocycles. The maximum atomic E-state index is 12.5. The molecule has 100 valence electrons. The Morgan fingerprint density at radius 2 is 1.94 bits per heavy atom. The molecular formula is C14H21ClN2O. The van der Waals surface area contributed by atoms with Gasteiger partial charge in [-0.2, -0.15) is 0 Å². The first-order valence-corrected chi connectivity index (χ1v) is 6.20. The summed E-state index contributed by atoms with van der Waals surface area (Å²) in [6, 6.07) is 6.11. The highest BCUT2D eigenvalue weighted by atomic mass is 35.5. The van der Waals surface area contributed by atoms with Crippen molar-refractivity contribution < 1.29 is 4.79 Å². The first-order chi connectivity index (χ1) is 8.09. The van der Waals surface area contributed by atoms with Crippen LogP contribution < -0.4 is 5.73 Å². The van der Waals surface area contributed by atoms with Crippen LogP contribution in [0.5, 0.6) is 0 Å². The van der Waals surface area contributed by atoms with Crippen molar-refractivity contribution in [3.8, 4) is 0 Å². The Morgan fingerprint density at radius 1 is 1.33 bits per heavy atom. The van der Waals surface area contributed by atoms with Gasteiger partial charge in [0.05, 0.1) is 0 Å². The third-order valence-electron chi connectivity index (χ3n) is 3.44. The monoisotopic (exact) mass is 268 g/mol. The van der Waals surface area contributed by atoms with Gasteiger partial charge in [-0.3, -0.25) is 4.79 Å². The molecule has 4 heteroatoms. The minimum atomic E-state index is 0. The highest BCUT2D eigenvalue weighted by Gasteiger charge is 2.24. The van der Waals surface area contributed by atoms with E-state index in [1.807, 2.05) is 36.9 Å². The number of nitrogens with two attached hydrogens (primary N) is 1. The highest BCUT2D eigenvalue weighted by molar-refractivity contribution is 5.97. The molecule has 18 heavy (non-hydrogen) atoms. The van der Waals surface area contributed by atoms with Crippen molar-refractivity contribution in [2.45, 2.75) is 32.7 Å². The summed E-state index contributed by atoms with van der Waals surface area (Å²) in [7, 11) is 0. The lowest BCUT2D eigenvalue weighted by molar-refractivity contribution is 0.0707. The van der Waals surface area contributed by atoms with Gasteiger partial charge >= 0.3 is 0 Å². The molecule has 0 aromatic heterocycles. The van der Waals surface area contributed by atoms with E-state index in [-0.39, 0.29) is 24.4 Å². The molecular weight excluding hydrogens is 248 g/mol. The lowest BCUT2D eigenvalue weighted by Crippen LogP contribution is -2.46. The number of carbonyl (C=O) groups excluding carboxylic acids is 1. The van der Waals surface area contributed by atoms with E-state index < -0.39 is 0 Å². The van der Waals surface area contributed by atoms with Crippen LogP contribution in [0.2, 0.25) is 0 Å². The summed E-state index contributed by atoms with van der Waals surface area (Å²) < 4.78 is 0. The Morgan fingerprint density at radius 3 is 2.50 bits per heavy atom. The van der Waals surface area contributed by atoms with Crippen LogP contribution in [0.1, 0.15) is 34.3 Å². The Bertz CT molecular complexity index is 414. The van der Waals surface area contributed by atoms with Gasteiger partial charge in [-0.05, 0) is 37.8 Å². The fourth-order valence-electron chi connectivity index (χ4n) is 2.50. The third kappa shape index (κ3) is 3.03. The topological polar surface area (TPSA) is 46.3 Å². The average Bonchev–Trinajstić information content (AvgIpc) is 2.28. The van der Waals surface area contributed by atoms with Crippen molar-refractivity contribution >= 4 is 18.3 Å². The van der Waals surface area contributed by atoms with Crippen LogP contribution in [-0.4, -0.2) is 29.9 Å². The molecule has 0 spiro atoms. The molecule has 1 heterocycles. The molecule has 3 nitrogen and oxygen atoms in total. The molecule has 1 unspecified atom stereocenters. The molecule has 1 amide bonds. The van der Waals surface area contributed by atoms with E-state index in [4.69, 9.17) is 5.73 Å². The van der Waals surface area contributed by atoms with Crippen molar-refractivity contribution in [3.63, 3.8) is 0 Å². The Balaban J connectivity index is 0.00000162. The van der Waals surface area contributed by atoms with Gasteiger partial charge in [-0.1, -0.05) is 18.2 Å². The number of rotatable bonds is 1. The zero-order valence-corrected chi connectivity index (χ0v) is 11.8. The normalized spacial score (nSPS) is 19.3. The van der Waals surface area contributed by atoms with Gasteiger partial charge in [0.25, 0.3) is 5.91 Å². The fraction of sp³-hybridized carbons (Fsp3) is 0.500. The number of carbonyl (C=O) groups is 1. The number of likely N-dealkylation sites (tertiary alicyclic amines) is 1. The van der Waals surface area contributed by atoms with Gasteiger partial charge in [-0.15, -0.1) is 12.4 Å². The van der Waals surface area contributed by atoms with Gasteiger partial charge < -0.3 is 10.6 Å². The molecule has 1 atom stereocenters. The maximum absolute atomic E-state index is 12.5. The number of hydrogen-bond donors (Lipinski definition) is 1. The van der Waals surface area contributed by atoms with E-state index in [9.17, 15) is 4.79 Å². The van der Waals surface area contributed by atoms with E-state index in [1.165, 1.54) is 0 Å². The van der Waals surface area contributed by atoms with Crippen LogP contribution in [0.3, 0.4) is 0 Å². The summed E-state index contributed by atoms with van der Waals surface area (Å²) in [5.74, 6) is 0.135. The zero-order valence-electron chi connectivity index (χ0n) is 11.0. The smallest absolute Gasteiger partial charge is 0.254 e. The average molecular weight is 269 g/mol. The molecule has 1 aromatic rings. The number of nitrogens with zero attached hydrogens (tertiary/aromatic N) is 1. The van der Waals surface area contributed by atoms with E-state index in [0.717, 1.165) is 36.1 Å². The van der Waals surface area contributed by atoms with Crippen LogP contribution in [0, 0.1) is 13.8 Å². The summed E-state index contributed by atoms with van der Waals surface area (Å²) in [6.45, 7) is 5.50. The third-order valence-corrected chi connectivity index (χ3v) is 3.44. The van der Waals surface area contributed by atoms with Crippen molar-refractivity contribution in [1.29, 1.82) is 0 Å². The number of amides is 1. The lowest BCUT2D eigenvalue weighted by atomic mass is 9.99. The maximum Gasteiger partial charge on any atom is 0.254 e. The van der Waals surface area contributed by atoms with Crippen molar-refractivity contribution in [2.75, 3.05) is 13.1 Å². The lowest BCUT2D eigenvalue weighted by Gasteiger charge is -2.31. The molecule has 1 aliphatic rings. The summed E-state index contributed by atoms with van der Waals surface area (Å²) in [4.78, 5) is 14.3. The van der Waals surface area contributed by atoms with E-state index in [1.54, 1.807) is 0 Å². The number of piperidine rings is 1. The van der Waals surface area contributed by atoms with E-state index >= 15 is 0 Å². The van der Waals surface area contributed by atoms with Gasteiger partial charge in [0, 0.05) is 24.7 Å². The molecule has 1 aromatic carbocycles. The SMILES string of the molecule is Cc1cccc(C)c1C(=O)N1CCCC(N)C1.Cl. The standard InChI is InChI=1S/C14H20N2O.ClH/c1-10-5-3-6-11(2)13(10)14(17)16-8-4-7-12(15)9-16;/h3,5-6,12H,4,7-9,15H2,1-2H3;1H.